The third kappa shape index (κ3) is 2.90. The average Bonchev–Trinajstić information content (AvgIpc) is 2.60. The van der Waals surface area contributed by atoms with E-state index in [2.05, 4.69) is 11.4 Å². The van der Waals surface area contributed by atoms with Gasteiger partial charge in [-0.05, 0) is 17.5 Å². The number of carbonyl (C=O) groups excluding carboxylic acids is 1. The van der Waals surface area contributed by atoms with E-state index in [1.54, 1.807) is 0 Å². The number of carbonyl (C=O) groups is 1. The van der Waals surface area contributed by atoms with Crippen molar-refractivity contribution in [2.45, 2.75) is 12.5 Å². The Balaban J connectivity index is 1.78. The van der Waals surface area contributed by atoms with Crippen LogP contribution in [0.5, 0.6) is 0 Å². The van der Waals surface area contributed by atoms with E-state index in [4.69, 9.17) is 4.74 Å². The highest BCUT2D eigenvalue weighted by molar-refractivity contribution is 5.92. The maximum absolute atomic E-state index is 12.4. The van der Waals surface area contributed by atoms with Gasteiger partial charge in [0.15, 0.2) is 0 Å². The van der Waals surface area contributed by atoms with Crippen molar-refractivity contribution in [3.63, 3.8) is 0 Å². The number of benzene rings is 1. The van der Waals surface area contributed by atoms with Crippen LogP contribution in [0.4, 0.5) is 0 Å². The van der Waals surface area contributed by atoms with E-state index in [-0.39, 0.29) is 18.3 Å². The smallest absolute Gasteiger partial charge is 0.331 e. The second-order valence-electron chi connectivity index (χ2n) is 5.79. The van der Waals surface area contributed by atoms with Gasteiger partial charge in [-0.15, -0.1) is 0 Å². The third-order valence-corrected chi connectivity index (χ3v) is 4.30. The molecule has 0 radical (unpaired) electrons. The summed E-state index contributed by atoms with van der Waals surface area (Å²) in [5.41, 5.74) is 1.26. The van der Waals surface area contributed by atoms with Gasteiger partial charge in [-0.1, -0.05) is 24.3 Å². The molecule has 2 heterocycles. The number of hydrogen-bond donors (Lipinski definition) is 1. The molecule has 0 aliphatic carbocycles. The van der Waals surface area contributed by atoms with Crippen LogP contribution in [-0.2, 0) is 25.3 Å². The average molecular weight is 329 g/mol. The molecule has 1 atom stereocenters. The van der Waals surface area contributed by atoms with Crippen molar-refractivity contribution in [2.24, 2.45) is 14.1 Å². The van der Waals surface area contributed by atoms with Crippen LogP contribution >= 0.6 is 0 Å². The molecule has 0 unspecified atom stereocenters. The van der Waals surface area contributed by atoms with Gasteiger partial charge in [-0.2, -0.15) is 0 Å². The Morgan fingerprint density at radius 3 is 2.79 bits per heavy atom. The highest BCUT2D eigenvalue weighted by Gasteiger charge is 2.22. The van der Waals surface area contributed by atoms with Gasteiger partial charge in [0.1, 0.15) is 11.8 Å². The minimum Gasteiger partial charge on any atom is -0.371 e. The Kier molecular flexibility index (Phi) is 4.35. The Labute approximate surface area is 138 Å². The van der Waals surface area contributed by atoms with Gasteiger partial charge in [-0.25, -0.2) is 4.79 Å². The molecule has 7 nitrogen and oxygen atoms in total. The first kappa shape index (κ1) is 16.2. The topological polar surface area (TPSA) is 82.3 Å². The summed E-state index contributed by atoms with van der Waals surface area (Å²) in [6.45, 7) is 0.876. The zero-order valence-corrected chi connectivity index (χ0v) is 13.6. The highest BCUT2D eigenvalue weighted by Crippen LogP contribution is 2.26. The van der Waals surface area contributed by atoms with Crippen LogP contribution in [-0.4, -0.2) is 28.2 Å². The Bertz CT molecular complexity index is 897. The van der Waals surface area contributed by atoms with Crippen LogP contribution in [0.2, 0.25) is 0 Å². The SMILES string of the molecule is Cn1c(C(=O)NC[C@@H]2OCCc3ccccc32)cc(=O)n(C)c1=O. The maximum Gasteiger partial charge on any atom is 0.331 e. The lowest BCUT2D eigenvalue weighted by molar-refractivity contribution is 0.0410. The first-order valence-electron chi connectivity index (χ1n) is 7.73. The molecule has 2 aromatic rings. The Morgan fingerprint density at radius 2 is 2.00 bits per heavy atom. The van der Waals surface area contributed by atoms with Crippen molar-refractivity contribution >= 4 is 5.91 Å². The molecule has 0 bridgehead atoms. The number of hydrogen-bond acceptors (Lipinski definition) is 4. The molecule has 24 heavy (non-hydrogen) atoms. The molecule has 0 saturated carbocycles. The summed E-state index contributed by atoms with van der Waals surface area (Å²) in [6.07, 6.45) is 0.617. The van der Waals surface area contributed by atoms with Gasteiger partial charge >= 0.3 is 5.69 Å². The zero-order valence-electron chi connectivity index (χ0n) is 13.6. The van der Waals surface area contributed by atoms with E-state index in [1.165, 1.54) is 19.7 Å². The first-order valence-corrected chi connectivity index (χ1v) is 7.73. The lowest BCUT2D eigenvalue weighted by Crippen LogP contribution is -2.42. The van der Waals surface area contributed by atoms with Crippen LogP contribution in [0.15, 0.2) is 39.9 Å². The lowest BCUT2D eigenvalue weighted by atomic mass is 9.97. The van der Waals surface area contributed by atoms with E-state index in [9.17, 15) is 14.4 Å². The van der Waals surface area contributed by atoms with Crippen molar-refractivity contribution in [1.29, 1.82) is 0 Å². The summed E-state index contributed by atoms with van der Waals surface area (Å²) < 4.78 is 7.85. The summed E-state index contributed by atoms with van der Waals surface area (Å²) in [6, 6.07) is 9.12. The normalized spacial score (nSPS) is 16.5. The minimum absolute atomic E-state index is 0.0344. The van der Waals surface area contributed by atoms with Crippen molar-refractivity contribution in [1.82, 2.24) is 14.5 Å². The molecular formula is C17H19N3O4. The number of ether oxygens (including phenoxy) is 1. The number of rotatable bonds is 3. The van der Waals surface area contributed by atoms with Crippen LogP contribution in [0, 0.1) is 0 Å². The van der Waals surface area contributed by atoms with Crippen molar-refractivity contribution in [3.05, 3.63) is 68.0 Å². The van der Waals surface area contributed by atoms with Gasteiger partial charge in [0.25, 0.3) is 11.5 Å². The molecule has 1 amide bonds. The molecule has 1 aliphatic heterocycles. The Morgan fingerprint density at radius 1 is 1.25 bits per heavy atom. The molecule has 0 fully saturated rings. The van der Waals surface area contributed by atoms with Crippen LogP contribution in [0.3, 0.4) is 0 Å². The summed E-state index contributed by atoms with van der Waals surface area (Å²) in [5.74, 6) is -0.473. The molecule has 126 valence electrons. The molecule has 7 heteroatoms. The van der Waals surface area contributed by atoms with Crippen molar-refractivity contribution in [2.75, 3.05) is 13.2 Å². The minimum atomic E-state index is -0.535. The van der Waals surface area contributed by atoms with E-state index >= 15 is 0 Å². The highest BCUT2D eigenvalue weighted by atomic mass is 16.5. The van der Waals surface area contributed by atoms with E-state index < -0.39 is 17.2 Å². The van der Waals surface area contributed by atoms with Gasteiger partial charge in [-0.3, -0.25) is 18.7 Å². The maximum atomic E-state index is 12.4. The first-order chi connectivity index (χ1) is 11.5. The number of aromatic nitrogens is 2. The molecule has 0 spiro atoms. The van der Waals surface area contributed by atoms with Gasteiger partial charge < -0.3 is 10.1 Å². The summed E-state index contributed by atoms with van der Waals surface area (Å²) in [4.78, 5) is 36.0. The standard InChI is InChI=1S/C17H19N3O4/c1-19-13(9-15(21)20(2)17(19)23)16(22)18-10-14-12-6-4-3-5-11(12)7-8-24-14/h3-6,9,14H,7-8,10H2,1-2H3,(H,18,22)/t14-/m0/s1. The lowest BCUT2D eigenvalue weighted by Gasteiger charge is -2.26. The number of nitrogens with one attached hydrogen (secondary N) is 1. The molecule has 1 aromatic heterocycles. The molecule has 1 N–H and O–H groups in total. The predicted octanol–water partition coefficient (Wildman–Crippen LogP) is 0.128. The molecular weight excluding hydrogens is 310 g/mol. The van der Waals surface area contributed by atoms with E-state index in [0.717, 1.165) is 27.2 Å². The molecule has 3 rings (SSSR count). The van der Waals surface area contributed by atoms with Crippen LogP contribution in [0.25, 0.3) is 0 Å². The Hall–Kier alpha value is -2.67. The monoisotopic (exact) mass is 329 g/mol. The van der Waals surface area contributed by atoms with Gasteiger partial charge in [0, 0.05) is 26.7 Å². The number of amides is 1. The fraction of sp³-hybridized carbons (Fsp3) is 0.353. The molecule has 0 saturated heterocycles. The zero-order chi connectivity index (χ0) is 17.3. The molecule has 1 aliphatic rings. The predicted molar refractivity (Wildman–Crippen MR) is 88.1 cm³/mol. The van der Waals surface area contributed by atoms with E-state index in [0.29, 0.717) is 6.61 Å². The second-order valence-corrected chi connectivity index (χ2v) is 5.79. The van der Waals surface area contributed by atoms with Gasteiger partial charge in [0.05, 0.1) is 6.61 Å². The number of fused-ring (bicyclic) bond motifs is 1. The summed E-state index contributed by atoms with van der Waals surface area (Å²) in [7, 11) is 2.84. The quantitative estimate of drug-likeness (QED) is 0.868. The number of nitrogens with zero attached hydrogens (tertiary/aromatic N) is 2. The molecule has 1 aromatic carbocycles. The third-order valence-electron chi connectivity index (χ3n) is 4.30. The summed E-state index contributed by atoms with van der Waals surface area (Å²) in [5, 5.41) is 2.75. The van der Waals surface area contributed by atoms with Crippen LogP contribution in [0.1, 0.15) is 27.7 Å². The largest absolute Gasteiger partial charge is 0.371 e. The van der Waals surface area contributed by atoms with Crippen molar-refractivity contribution < 1.29 is 9.53 Å². The van der Waals surface area contributed by atoms with E-state index in [1.807, 2.05) is 18.2 Å². The fourth-order valence-electron chi connectivity index (χ4n) is 2.87. The summed E-state index contributed by atoms with van der Waals surface area (Å²) >= 11 is 0. The fourth-order valence-corrected chi connectivity index (χ4v) is 2.87. The van der Waals surface area contributed by atoms with Crippen molar-refractivity contribution in [3.8, 4) is 0 Å². The van der Waals surface area contributed by atoms with Gasteiger partial charge in [0.2, 0.25) is 0 Å². The van der Waals surface area contributed by atoms with Crippen LogP contribution < -0.4 is 16.6 Å². The second kappa shape index (κ2) is 6.45.